The zero-order valence-corrected chi connectivity index (χ0v) is 9.35. The van der Waals surface area contributed by atoms with E-state index < -0.39 is 0 Å². The summed E-state index contributed by atoms with van der Waals surface area (Å²) in [5, 5.41) is 4.36. The summed E-state index contributed by atoms with van der Waals surface area (Å²) in [7, 11) is 0. The Labute approximate surface area is 97.0 Å². The van der Waals surface area contributed by atoms with E-state index >= 15 is 0 Å². The Morgan fingerprint density at radius 1 is 1.50 bits per heavy atom. The molecule has 0 amide bonds. The molecule has 6 nitrogen and oxygen atoms in total. The zero-order chi connectivity index (χ0) is 11.5. The fourth-order valence-corrected chi connectivity index (χ4v) is 1.28. The number of ether oxygens (including phenoxy) is 1. The lowest BCUT2D eigenvalue weighted by molar-refractivity contribution is 0.324. The van der Waals surface area contributed by atoms with Crippen LogP contribution in [0.15, 0.2) is 18.6 Å². The highest BCUT2D eigenvalue weighted by Crippen LogP contribution is 2.18. The Bertz CT molecular complexity index is 479. The van der Waals surface area contributed by atoms with E-state index in [0.717, 1.165) is 0 Å². The van der Waals surface area contributed by atoms with E-state index in [0.29, 0.717) is 23.3 Å². The minimum absolute atomic E-state index is 0.255. The van der Waals surface area contributed by atoms with Gasteiger partial charge in [0.2, 0.25) is 5.88 Å². The molecule has 0 bridgehead atoms. The van der Waals surface area contributed by atoms with Gasteiger partial charge in [0.1, 0.15) is 5.02 Å². The highest BCUT2D eigenvalue weighted by molar-refractivity contribution is 6.32. The van der Waals surface area contributed by atoms with Crippen molar-refractivity contribution in [3.8, 4) is 11.7 Å². The molecule has 7 heteroatoms. The first-order chi connectivity index (χ1) is 7.70. The molecule has 0 atom stereocenters. The molecule has 0 saturated heterocycles. The van der Waals surface area contributed by atoms with Crippen molar-refractivity contribution in [3.63, 3.8) is 0 Å². The number of hydrogen-bond acceptors (Lipinski definition) is 5. The van der Waals surface area contributed by atoms with Crippen LogP contribution in [0.3, 0.4) is 0 Å². The molecule has 16 heavy (non-hydrogen) atoms. The van der Waals surface area contributed by atoms with Gasteiger partial charge in [0, 0.05) is 0 Å². The molecule has 0 unspecified atom stereocenters. The zero-order valence-electron chi connectivity index (χ0n) is 8.59. The Kier molecular flexibility index (Phi) is 2.91. The number of anilines is 1. The largest absolute Gasteiger partial charge is 0.477 e. The number of nitrogens with two attached hydrogens (primary N) is 1. The van der Waals surface area contributed by atoms with Crippen LogP contribution in [0.25, 0.3) is 5.82 Å². The predicted molar refractivity (Wildman–Crippen MR) is 59.7 cm³/mol. The molecule has 2 N–H and O–H groups in total. The van der Waals surface area contributed by atoms with Crippen LogP contribution in [0.4, 0.5) is 5.82 Å². The number of nitrogens with zero attached hydrogens (tertiary/aromatic N) is 4. The summed E-state index contributed by atoms with van der Waals surface area (Å²) in [6.07, 6.45) is 4.64. The quantitative estimate of drug-likeness (QED) is 0.873. The number of rotatable bonds is 3. The van der Waals surface area contributed by atoms with Crippen LogP contribution in [-0.2, 0) is 0 Å². The van der Waals surface area contributed by atoms with Crippen molar-refractivity contribution in [2.24, 2.45) is 0 Å². The molecule has 0 radical (unpaired) electrons. The minimum Gasteiger partial charge on any atom is -0.477 e. The lowest BCUT2D eigenvalue weighted by atomic mass is 10.6. The second-order valence-electron chi connectivity index (χ2n) is 2.96. The van der Waals surface area contributed by atoms with E-state index in [1.54, 1.807) is 12.4 Å². The van der Waals surface area contributed by atoms with Crippen molar-refractivity contribution < 1.29 is 4.74 Å². The monoisotopic (exact) mass is 239 g/mol. The van der Waals surface area contributed by atoms with Crippen molar-refractivity contribution >= 4 is 17.4 Å². The maximum atomic E-state index is 5.79. The van der Waals surface area contributed by atoms with Gasteiger partial charge in [-0.25, -0.2) is 4.68 Å². The third-order valence-electron chi connectivity index (χ3n) is 1.82. The van der Waals surface area contributed by atoms with Crippen LogP contribution in [0.2, 0.25) is 5.02 Å². The molecule has 2 heterocycles. The van der Waals surface area contributed by atoms with Gasteiger partial charge >= 0.3 is 0 Å². The van der Waals surface area contributed by atoms with Gasteiger partial charge in [0.15, 0.2) is 11.6 Å². The summed E-state index contributed by atoms with van der Waals surface area (Å²) in [6.45, 7) is 2.40. The Hall–Kier alpha value is -1.82. The first-order valence-corrected chi connectivity index (χ1v) is 5.04. The van der Waals surface area contributed by atoms with Gasteiger partial charge in [-0.05, 0) is 6.92 Å². The molecule has 84 valence electrons. The van der Waals surface area contributed by atoms with E-state index in [1.165, 1.54) is 10.9 Å². The van der Waals surface area contributed by atoms with E-state index in [4.69, 9.17) is 22.1 Å². The lowest BCUT2D eigenvalue weighted by Gasteiger charge is -2.03. The third-order valence-corrected chi connectivity index (χ3v) is 2.11. The predicted octanol–water partition coefficient (Wildman–Crippen LogP) is 1.30. The SMILES string of the molecule is CCOc1cncc(-n2cc(Cl)c(N)n2)n1. The van der Waals surface area contributed by atoms with Crippen LogP contribution in [-0.4, -0.2) is 26.4 Å². The molecule has 0 aliphatic rings. The summed E-state index contributed by atoms with van der Waals surface area (Å²) in [6, 6.07) is 0. The molecule has 0 aliphatic heterocycles. The van der Waals surface area contributed by atoms with Gasteiger partial charge in [-0.3, -0.25) is 4.98 Å². The maximum absolute atomic E-state index is 5.79. The molecule has 2 rings (SSSR count). The standard InChI is InChI=1S/C9H10ClN5O/c1-2-16-8-4-12-3-7(13-8)15-5-6(10)9(11)14-15/h3-5H,2H2,1H3,(H2,11,14). The van der Waals surface area contributed by atoms with E-state index in [9.17, 15) is 0 Å². The lowest BCUT2D eigenvalue weighted by Crippen LogP contribution is -2.02. The smallest absolute Gasteiger partial charge is 0.234 e. The fourth-order valence-electron chi connectivity index (χ4n) is 1.15. The second-order valence-corrected chi connectivity index (χ2v) is 3.36. The molecular weight excluding hydrogens is 230 g/mol. The highest BCUT2D eigenvalue weighted by Gasteiger charge is 2.07. The molecular formula is C9H10ClN5O. The van der Waals surface area contributed by atoms with E-state index in [1.807, 2.05) is 6.92 Å². The summed E-state index contributed by atoms with van der Waals surface area (Å²) in [4.78, 5) is 8.18. The van der Waals surface area contributed by atoms with Gasteiger partial charge in [0.25, 0.3) is 0 Å². The van der Waals surface area contributed by atoms with Crippen LogP contribution in [0.5, 0.6) is 5.88 Å². The van der Waals surface area contributed by atoms with Crippen molar-refractivity contribution in [2.75, 3.05) is 12.3 Å². The summed E-state index contributed by atoms with van der Waals surface area (Å²) < 4.78 is 6.68. The molecule has 0 aromatic carbocycles. The average Bonchev–Trinajstić information content (AvgIpc) is 2.60. The van der Waals surface area contributed by atoms with Gasteiger partial charge in [0.05, 0.1) is 25.2 Å². The summed E-state index contributed by atoms with van der Waals surface area (Å²) >= 11 is 5.79. The van der Waals surface area contributed by atoms with Gasteiger partial charge in [-0.1, -0.05) is 11.6 Å². The number of aromatic nitrogens is 4. The highest BCUT2D eigenvalue weighted by atomic mass is 35.5. The molecule has 0 aliphatic carbocycles. The summed E-state index contributed by atoms with van der Waals surface area (Å²) in [5.74, 6) is 1.19. The molecule has 0 saturated carbocycles. The minimum atomic E-state index is 0.255. The Morgan fingerprint density at radius 2 is 2.31 bits per heavy atom. The molecule has 2 aromatic rings. The van der Waals surface area contributed by atoms with Gasteiger partial charge in [-0.2, -0.15) is 4.98 Å². The van der Waals surface area contributed by atoms with Crippen LogP contribution in [0.1, 0.15) is 6.92 Å². The Morgan fingerprint density at radius 3 is 2.94 bits per heavy atom. The average molecular weight is 240 g/mol. The number of halogens is 1. The molecule has 0 fully saturated rings. The van der Waals surface area contributed by atoms with Crippen molar-refractivity contribution in [3.05, 3.63) is 23.6 Å². The van der Waals surface area contributed by atoms with Crippen LogP contribution >= 0.6 is 11.6 Å². The van der Waals surface area contributed by atoms with E-state index in [-0.39, 0.29) is 5.82 Å². The van der Waals surface area contributed by atoms with Crippen LogP contribution < -0.4 is 10.5 Å². The van der Waals surface area contributed by atoms with Crippen molar-refractivity contribution in [1.82, 2.24) is 19.7 Å². The first-order valence-electron chi connectivity index (χ1n) is 4.66. The maximum Gasteiger partial charge on any atom is 0.234 e. The fraction of sp³-hybridized carbons (Fsp3) is 0.222. The van der Waals surface area contributed by atoms with Gasteiger partial charge < -0.3 is 10.5 Å². The van der Waals surface area contributed by atoms with E-state index in [2.05, 4.69) is 15.1 Å². The third kappa shape index (κ3) is 2.06. The second kappa shape index (κ2) is 4.36. The van der Waals surface area contributed by atoms with Crippen LogP contribution in [0, 0.1) is 0 Å². The molecule has 0 spiro atoms. The van der Waals surface area contributed by atoms with Crippen molar-refractivity contribution in [1.29, 1.82) is 0 Å². The first kappa shape index (κ1) is 10.7. The summed E-state index contributed by atoms with van der Waals surface area (Å²) in [5.41, 5.74) is 5.53. The normalized spacial score (nSPS) is 10.4. The topological polar surface area (TPSA) is 78.9 Å². The van der Waals surface area contributed by atoms with Gasteiger partial charge in [-0.15, -0.1) is 5.10 Å². The number of hydrogen-bond donors (Lipinski definition) is 1. The molecule has 2 aromatic heterocycles. The number of nitrogen functional groups attached to an aromatic ring is 1. The Balaban J connectivity index is 2.36. The van der Waals surface area contributed by atoms with Crippen molar-refractivity contribution in [2.45, 2.75) is 6.92 Å².